The molecular formula is C11H14ClNO3. The number of carbonyl (C=O) groups is 1. The lowest BCUT2D eigenvalue weighted by Crippen LogP contribution is -2.09. The number of halogens is 1. The minimum Gasteiger partial charge on any atom is -0.493 e. The Labute approximate surface area is 99.3 Å². The largest absolute Gasteiger partial charge is 0.493 e. The molecule has 0 spiro atoms. The summed E-state index contributed by atoms with van der Waals surface area (Å²) in [5, 5.41) is 0.264. The van der Waals surface area contributed by atoms with Crippen molar-refractivity contribution in [3.63, 3.8) is 0 Å². The minimum absolute atomic E-state index is 0.103. The third kappa shape index (κ3) is 2.46. The number of methoxy groups -OCH3 is 2. The Hall–Kier alpha value is -1.26. The van der Waals surface area contributed by atoms with Crippen molar-refractivity contribution in [2.75, 3.05) is 20.8 Å². The van der Waals surface area contributed by atoms with Crippen LogP contribution in [0.3, 0.4) is 0 Å². The highest BCUT2D eigenvalue weighted by Crippen LogP contribution is 2.37. The van der Waals surface area contributed by atoms with E-state index in [0.29, 0.717) is 23.6 Å². The van der Waals surface area contributed by atoms with Gasteiger partial charge in [-0.15, -0.1) is 0 Å². The second-order valence-electron chi connectivity index (χ2n) is 3.12. The first-order valence-corrected chi connectivity index (χ1v) is 5.17. The molecule has 0 fully saturated rings. The van der Waals surface area contributed by atoms with E-state index in [2.05, 4.69) is 0 Å². The summed E-state index contributed by atoms with van der Waals surface area (Å²) in [6, 6.07) is 3.26. The van der Waals surface area contributed by atoms with Crippen LogP contribution in [-0.4, -0.2) is 26.5 Å². The van der Waals surface area contributed by atoms with Gasteiger partial charge in [0.1, 0.15) is 0 Å². The van der Waals surface area contributed by atoms with Crippen LogP contribution in [-0.2, 0) is 0 Å². The smallest absolute Gasteiger partial charge is 0.180 e. The molecule has 0 aliphatic carbocycles. The standard InChI is InChI=1S/C11H14ClNO3/c1-15-9-4-3-7(8(14)5-6-13)10(12)11(9)16-2/h3-4H,5-6,13H2,1-2H3. The normalized spacial score (nSPS) is 10.0. The summed E-state index contributed by atoms with van der Waals surface area (Å²) >= 11 is 6.06. The van der Waals surface area contributed by atoms with Crippen molar-refractivity contribution in [3.8, 4) is 11.5 Å². The summed E-state index contributed by atoms with van der Waals surface area (Å²) in [6.07, 6.45) is 0.259. The number of carbonyl (C=O) groups excluding carboxylic acids is 1. The van der Waals surface area contributed by atoms with Gasteiger partial charge < -0.3 is 15.2 Å². The van der Waals surface area contributed by atoms with E-state index in [0.717, 1.165) is 0 Å². The van der Waals surface area contributed by atoms with Crippen molar-refractivity contribution >= 4 is 17.4 Å². The second kappa shape index (κ2) is 5.72. The first kappa shape index (κ1) is 12.8. The van der Waals surface area contributed by atoms with E-state index in [9.17, 15) is 4.79 Å². The number of hydrogen-bond donors (Lipinski definition) is 1. The van der Waals surface area contributed by atoms with E-state index in [1.165, 1.54) is 14.2 Å². The van der Waals surface area contributed by atoms with E-state index in [1.54, 1.807) is 12.1 Å². The van der Waals surface area contributed by atoms with Crippen molar-refractivity contribution < 1.29 is 14.3 Å². The quantitative estimate of drug-likeness (QED) is 0.803. The third-order valence-electron chi connectivity index (χ3n) is 2.16. The summed E-state index contributed by atoms with van der Waals surface area (Å²) in [5.41, 5.74) is 5.73. The number of benzene rings is 1. The monoisotopic (exact) mass is 243 g/mol. The molecule has 0 bridgehead atoms. The Morgan fingerprint density at radius 3 is 2.56 bits per heavy atom. The van der Waals surface area contributed by atoms with Crippen molar-refractivity contribution in [1.82, 2.24) is 0 Å². The summed E-state index contributed by atoms with van der Waals surface area (Å²) in [4.78, 5) is 11.7. The van der Waals surface area contributed by atoms with Gasteiger partial charge in [-0.05, 0) is 18.7 Å². The molecule has 0 heterocycles. The van der Waals surface area contributed by atoms with Crippen molar-refractivity contribution in [1.29, 1.82) is 0 Å². The maximum Gasteiger partial charge on any atom is 0.180 e. The van der Waals surface area contributed by atoms with Crippen molar-refractivity contribution in [2.45, 2.75) is 6.42 Å². The van der Waals surface area contributed by atoms with Crippen LogP contribution in [0.25, 0.3) is 0 Å². The van der Waals surface area contributed by atoms with Crippen LogP contribution in [0, 0.1) is 0 Å². The molecule has 16 heavy (non-hydrogen) atoms. The maximum atomic E-state index is 11.7. The zero-order valence-electron chi connectivity index (χ0n) is 9.25. The van der Waals surface area contributed by atoms with Crippen LogP contribution in [0.2, 0.25) is 5.02 Å². The van der Waals surface area contributed by atoms with Crippen LogP contribution in [0.4, 0.5) is 0 Å². The van der Waals surface area contributed by atoms with E-state index in [4.69, 9.17) is 26.8 Å². The number of ether oxygens (including phenoxy) is 2. The average molecular weight is 244 g/mol. The highest BCUT2D eigenvalue weighted by atomic mass is 35.5. The number of ketones is 1. The minimum atomic E-state index is -0.103. The molecule has 0 saturated heterocycles. The van der Waals surface area contributed by atoms with Crippen molar-refractivity contribution in [3.05, 3.63) is 22.7 Å². The van der Waals surface area contributed by atoms with Crippen LogP contribution >= 0.6 is 11.6 Å². The molecule has 0 aliphatic rings. The predicted molar refractivity (Wildman–Crippen MR) is 62.6 cm³/mol. The fourth-order valence-electron chi connectivity index (χ4n) is 1.37. The van der Waals surface area contributed by atoms with Crippen LogP contribution in [0.15, 0.2) is 12.1 Å². The van der Waals surface area contributed by atoms with Gasteiger partial charge in [-0.3, -0.25) is 4.79 Å². The Morgan fingerprint density at radius 2 is 2.06 bits per heavy atom. The lowest BCUT2D eigenvalue weighted by molar-refractivity contribution is 0.0985. The van der Waals surface area contributed by atoms with Gasteiger partial charge in [-0.2, -0.15) is 0 Å². The summed E-state index contributed by atoms with van der Waals surface area (Å²) in [7, 11) is 2.98. The first-order valence-electron chi connectivity index (χ1n) is 4.79. The van der Waals surface area contributed by atoms with E-state index in [1.807, 2.05) is 0 Å². The number of rotatable bonds is 5. The molecule has 1 aromatic rings. The first-order chi connectivity index (χ1) is 7.65. The van der Waals surface area contributed by atoms with Gasteiger partial charge in [-0.1, -0.05) is 11.6 Å². The van der Waals surface area contributed by atoms with Crippen molar-refractivity contribution in [2.24, 2.45) is 5.73 Å². The SMILES string of the molecule is COc1ccc(C(=O)CCN)c(Cl)c1OC. The number of Topliss-reactive ketones (excluding diaryl/α,β-unsaturated/α-hetero) is 1. The molecule has 1 aromatic carbocycles. The molecular weight excluding hydrogens is 230 g/mol. The molecule has 0 atom stereocenters. The summed E-state index contributed by atoms with van der Waals surface area (Å²) in [5.74, 6) is 0.761. The Balaban J connectivity index is 3.18. The molecule has 5 heteroatoms. The van der Waals surface area contributed by atoms with Gasteiger partial charge in [0, 0.05) is 12.0 Å². The van der Waals surface area contributed by atoms with Crippen LogP contribution in [0.5, 0.6) is 11.5 Å². The zero-order valence-corrected chi connectivity index (χ0v) is 10.0. The summed E-state index contributed by atoms with van der Waals surface area (Å²) < 4.78 is 10.2. The summed E-state index contributed by atoms with van der Waals surface area (Å²) in [6.45, 7) is 0.295. The lowest BCUT2D eigenvalue weighted by atomic mass is 10.1. The molecule has 0 unspecified atom stereocenters. The van der Waals surface area contributed by atoms with E-state index in [-0.39, 0.29) is 17.2 Å². The molecule has 0 aliphatic heterocycles. The predicted octanol–water partition coefficient (Wildman–Crippen LogP) is 1.89. The van der Waals surface area contributed by atoms with Crippen LogP contribution in [0.1, 0.15) is 16.8 Å². The second-order valence-corrected chi connectivity index (χ2v) is 3.50. The fourth-order valence-corrected chi connectivity index (χ4v) is 1.71. The van der Waals surface area contributed by atoms with Crippen LogP contribution < -0.4 is 15.2 Å². The molecule has 0 saturated carbocycles. The maximum absolute atomic E-state index is 11.7. The van der Waals surface area contributed by atoms with E-state index >= 15 is 0 Å². The fraction of sp³-hybridized carbons (Fsp3) is 0.364. The Bertz CT molecular complexity index is 393. The van der Waals surface area contributed by atoms with Gasteiger partial charge in [0.25, 0.3) is 0 Å². The molecule has 88 valence electrons. The van der Waals surface area contributed by atoms with Gasteiger partial charge >= 0.3 is 0 Å². The molecule has 2 N–H and O–H groups in total. The molecule has 0 aromatic heterocycles. The molecule has 4 nitrogen and oxygen atoms in total. The molecule has 0 radical (unpaired) electrons. The zero-order chi connectivity index (χ0) is 12.1. The van der Waals surface area contributed by atoms with Gasteiger partial charge in [0.2, 0.25) is 0 Å². The van der Waals surface area contributed by atoms with Gasteiger partial charge in [0.05, 0.1) is 19.2 Å². The average Bonchev–Trinajstić information content (AvgIpc) is 2.28. The highest BCUT2D eigenvalue weighted by Gasteiger charge is 2.17. The lowest BCUT2D eigenvalue weighted by Gasteiger charge is -2.11. The molecule has 0 amide bonds. The Morgan fingerprint density at radius 1 is 1.38 bits per heavy atom. The third-order valence-corrected chi connectivity index (χ3v) is 2.53. The molecule has 1 rings (SSSR count). The van der Waals surface area contributed by atoms with Gasteiger partial charge in [-0.25, -0.2) is 0 Å². The number of nitrogens with two attached hydrogens (primary N) is 1. The van der Waals surface area contributed by atoms with E-state index < -0.39 is 0 Å². The topological polar surface area (TPSA) is 61.5 Å². The Kier molecular flexibility index (Phi) is 4.58. The highest BCUT2D eigenvalue weighted by molar-refractivity contribution is 6.35. The van der Waals surface area contributed by atoms with Gasteiger partial charge in [0.15, 0.2) is 17.3 Å². The number of hydrogen-bond acceptors (Lipinski definition) is 4.